The molecule has 1 aromatic rings. The normalized spacial score (nSPS) is 24.1. The molecule has 2 atom stereocenters. The van der Waals surface area contributed by atoms with Crippen LogP contribution in [0.15, 0.2) is 29.2 Å². The molecule has 1 fully saturated rings. The van der Waals surface area contributed by atoms with Crippen molar-refractivity contribution in [1.82, 2.24) is 5.32 Å². The summed E-state index contributed by atoms with van der Waals surface area (Å²) in [5.74, 6) is -0.147. The second-order valence-electron chi connectivity index (χ2n) is 5.31. The van der Waals surface area contributed by atoms with Gasteiger partial charge in [0, 0.05) is 16.2 Å². The lowest BCUT2D eigenvalue weighted by atomic mass is 10.1. The number of hydrogen-bond donors (Lipinski definition) is 1. The second kappa shape index (κ2) is 7.91. The molecule has 1 nitrogen and oxygen atoms in total. The summed E-state index contributed by atoms with van der Waals surface area (Å²) >= 11 is 1.92. The van der Waals surface area contributed by atoms with Gasteiger partial charge in [-0.2, -0.15) is 0 Å². The van der Waals surface area contributed by atoms with Crippen LogP contribution >= 0.6 is 11.8 Å². The van der Waals surface area contributed by atoms with Gasteiger partial charge in [0.1, 0.15) is 5.82 Å². The van der Waals surface area contributed by atoms with Crippen LogP contribution in [0.5, 0.6) is 0 Å². The third-order valence-electron chi connectivity index (χ3n) is 3.71. The fourth-order valence-corrected chi connectivity index (χ4v) is 3.99. The Bertz CT molecular complexity index is 366. The maximum atomic E-state index is 13.0. The Morgan fingerprint density at radius 3 is 2.63 bits per heavy atom. The van der Waals surface area contributed by atoms with Crippen LogP contribution in [0.1, 0.15) is 45.4 Å². The van der Waals surface area contributed by atoms with Crippen molar-refractivity contribution in [3.05, 3.63) is 30.1 Å². The van der Waals surface area contributed by atoms with Gasteiger partial charge in [-0.15, -0.1) is 11.8 Å². The SMILES string of the molecule is CCCNC1CCCCCC1Sc1ccc(F)cc1. The number of benzene rings is 1. The highest BCUT2D eigenvalue weighted by Crippen LogP contribution is 2.33. The summed E-state index contributed by atoms with van der Waals surface area (Å²) < 4.78 is 13.0. The molecule has 2 unspecified atom stereocenters. The number of thioether (sulfide) groups is 1. The van der Waals surface area contributed by atoms with Crippen molar-refractivity contribution in [3.8, 4) is 0 Å². The van der Waals surface area contributed by atoms with E-state index in [-0.39, 0.29) is 5.82 Å². The molecule has 0 radical (unpaired) electrons. The van der Waals surface area contributed by atoms with Gasteiger partial charge in [0.25, 0.3) is 0 Å². The van der Waals surface area contributed by atoms with E-state index in [4.69, 9.17) is 0 Å². The first-order valence-corrected chi connectivity index (χ1v) is 8.33. The molecule has 0 aliphatic heterocycles. The monoisotopic (exact) mass is 281 g/mol. The van der Waals surface area contributed by atoms with Crippen molar-refractivity contribution < 1.29 is 4.39 Å². The predicted molar refractivity (Wildman–Crippen MR) is 81.2 cm³/mol. The number of nitrogens with one attached hydrogen (secondary N) is 1. The zero-order chi connectivity index (χ0) is 13.5. The lowest BCUT2D eigenvalue weighted by molar-refractivity contribution is 0.470. The summed E-state index contributed by atoms with van der Waals surface area (Å²) in [6.45, 7) is 3.32. The molecule has 0 saturated heterocycles. The molecule has 1 aromatic carbocycles. The zero-order valence-electron chi connectivity index (χ0n) is 11.7. The molecule has 1 aliphatic carbocycles. The third-order valence-corrected chi connectivity index (χ3v) is 5.12. The summed E-state index contributed by atoms with van der Waals surface area (Å²) in [5.41, 5.74) is 0. The number of rotatable bonds is 5. The van der Waals surface area contributed by atoms with Crippen LogP contribution in [-0.4, -0.2) is 17.8 Å². The molecular weight excluding hydrogens is 257 g/mol. The summed E-state index contributed by atoms with van der Waals surface area (Å²) in [7, 11) is 0. The molecule has 3 heteroatoms. The van der Waals surface area contributed by atoms with Gasteiger partial charge in [0.05, 0.1) is 0 Å². The Kier molecular flexibility index (Phi) is 6.18. The Morgan fingerprint density at radius 2 is 1.89 bits per heavy atom. The number of halogens is 1. The lowest BCUT2D eigenvalue weighted by Crippen LogP contribution is -2.37. The maximum absolute atomic E-state index is 13.0. The zero-order valence-corrected chi connectivity index (χ0v) is 12.5. The minimum atomic E-state index is -0.147. The van der Waals surface area contributed by atoms with Crippen LogP contribution in [0.4, 0.5) is 4.39 Å². The average molecular weight is 281 g/mol. The minimum absolute atomic E-state index is 0.147. The van der Waals surface area contributed by atoms with Crippen molar-refractivity contribution in [2.45, 2.75) is 61.6 Å². The highest BCUT2D eigenvalue weighted by atomic mass is 32.2. The Hall–Kier alpha value is -0.540. The van der Waals surface area contributed by atoms with Gasteiger partial charge in [0.15, 0.2) is 0 Å². The van der Waals surface area contributed by atoms with Gasteiger partial charge >= 0.3 is 0 Å². The van der Waals surface area contributed by atoms with Gasteiger partial charge in [-0.3, -0.25) is 0 Å². The Balaban J connectivity index is 1.98. The molecule has 0 amide bonds. The highest BCUT2D eigenvalue weighted by molar-refractivity contribution is 8.00. The van der Waals surface area contributed by atoms with Crippen molar-refractivity contribution in [3.63, 3.8) is 0 Å². The first kappa shape index (κ1) is 14.9. The molecule has 1 aliphatic rings. The fourth-order valence-electron chi connectivity index (χ4n) is 2.67. The number of hydrogen-bond acceptors (Lipinski definition) is 2. The molecule has 0 aromatic heterocycles. The smallest absolute Gasteiger partial charge is 0.123 e. The van der Waals surface area contributed by atoms with E-state index in [2.05, 4.69) is 12.2 Å². The van der Waals surface area contributed by atoms with Crippen molar-refractivity contribution >= 4 is 11.8 Å². The molecule has 106 valence electrons. The van der Waals surface area contributed by atoms with E-state index in [1.807, 2.05) is 23.9 Å². The van der Waals surface area contributed by atoms with E-state index >= 15 is 0 Å². The largest absolute Gasteiger partial charge is 0.313 e. The van der Waals surface area contributed by atoms with Gasteiger partial charge < -0.3 is 5.32 Å². The van der Waals surface area contributed by atoms with Gasteiger partial charge in [-0.1, -0.05) is 26.2 Å². The van der Waals surface area contributed by atoms with Crippen LogP contribution in [0.25, 0.3) is 0 Å². The molecule has 19 heavy (non-hydrogen) atoms. The molecule has 1 N–H and O–H groups in total. The minimum Gasteiger partial charge on any atom is -0.313 e. The third kappa shape index (κ3) is 4.81. The van der Waals surface area contributed by atoms with Gasteiger partial charge in [0.2, 0.25) is 0 Å². The fraction of sp³-hybridized carbons (Fsp3) is 0.625. The van der Waals surface area contributed by atoms with Crippen LogP contribution in [-0.2, 0) is 0 Å². The Labute approximate surface area is 120 Å². The topological polar surface area (TPSA) is 12.0 Å². The van der Waals surface area contributed by atoms with E-state index < -0.39 is 0 Å². The van der Waals surface area contributed by atoms with Crippen molar-refractivity contribution in [1.29, 1.82) is 0 Å². The molecule has 0 spiro atoms. The standard InChI is InChI=1S/C16H24FNS/c1-2-12-18-15-6-4-3-5-7-16(15)19-14-10-8-13(17)9-11-14/h8-11,15-16,18H,2-7,12H2,1H3. The van der Waals surface area contributed by atoms with Crippen LogP contribution in [0.3, 0.4) is 0 Å². The van der Waals surface area contributed by atoms with Crippen LogP contribution in [0, 0.1) is 5.82 Å². The van der Waals surface area contributed by atoms with E-state index in [9.17, 15) is 4.39 Å². The lowest BCUT2D eigenvalue weighted by Gasteiger charge is -2.25. The van der Waals surface area contributed by atoms with Crippen LogP contribution in [0.2, 0.25) is 0 Å². The van der Waals surface area contributed by atoms with Crippen molar-refractivity contribution in [2.75, 3.05) is 6.54 Å². The van der Waals surface area contributed by atoms with Gasteiger partial charge in [-0.25, -0.2) is 4.39 Å². The molecule has 0 heterocycles. The van der Waals surface area contributed by atoms with Gasteiger partial charge in [-0.05, 0) is 50.1 Å². The predicted octanol–water partition coefficient (Wildman–Crippen LogP) is 4.62. The summed E-state index contributed by atoms with van der Waals surface area (Å²) in [4.78, 5) is 1.19. The van der Waals surface area contributed by atoms with E-state index in [1.54, 1.807) is 12.1 Å². The molecule has 0 bridgehead atoms. The molecule has 1 saturated carbocycles. The highest BCUT2D eigenvalue weighted by Gasteiger charge is 2.23. The molecular formula is C16H24FNS. The first-order chi connectivity index (χ1) is 9.29. The molecule has 2 rings (SSSR count). The first-order valence-electron chi connectivity index (χ1n) is 7.45. The Morgan fingerprint density at radius 1 is 1.16 bits per heavy atom. The quantitative estimate of drug-likeness (QED) is 0.790. The van der Waals surface area contributed by atoms with Crippen molar-refractivity contribution in [2.24, 2.45) is 0 Å². The van der Waals surface area contributed by atoms with E-state index in [1.165, 1.54) is 43.4 Å². The van der Waals surface area contributed by atoms with E-state index in [0.29, 0.717) is 11.3 Å². The second-order valence-corrected chi connectivity index (χ2v) is 6.62. The van der Waals surface area contributed by atoms with Crippen LogP contribution < -0.4 is 5.32 Å². The van der Waals surface area contributed by atoms with E-state index in [0.717, 1.165) is 6.54 Å². The summed E-state index contributed by atoms with van der Waals surface area (Å²) in [5, 5.41) is 4.32. The summed E-state index contributed by atoms with van der Waals surface area (Å²) in [6, 6.07) is 7.54. The maximum Gasteiger partial charge on any atom is 0.123 e. The average Bonchev–Trinajstić information content (AvgIpc) is 2.64. The summed E-state index contributed by atoms with van der Waals surface area (Å²) in [6.07, 6.45) is 7.74.